The molecule has 0 N–H and O–H groups in total. The van der Waals surface area contributed by atoms with Gasteiger partial charge in [0.25, 0.3) is 0 Å². The first kappa shape index (κ1) is 16.6. The summed E-state index contributed by atoms with van der Waals surface area (Å²) in [7, 11) is 0. The van der Waals surface area contributed by atoms with Gasteiger partial charge in [-0.3, -0.25) is 0 Å². The number of unbranched alkanes of at least 4 members (excludes halogenated alkanes) is 2. The molecule has 110 valence electrons. The van der Waals surface area contributed by atoms with E-state index in [9.17, 15) is 9.59 Å². The van der Waals surface area contributed by atoms with Crippen molar-refractivity contribution in [3.63, 3.8) is 0 Å². The minimum Gasteiger partial charge on any atom is -0.386 e. The zero-order chi connectivity index (χ0) is 15.5. The van der Waals surface area contributed by atoms with Gasteiger partial charge in [-0.25, -0.2) is 9.59 Å². The number of rotatable bonds is 8. The van der Waals surface area contributed by atoms with Gasteiger partial charge in [-0.05, 0) is 31.2 Å². The summed E-state index contributed by atoms with van der Waals surface area (Å²) in [5, 5.41) is 0. The van der Waals surface area contributed by atoms with Gasteiger partial charge in [-0.1, -0.05) is 55.6 Å². The molecular formula is C18H20O3. The summed E-state index contributed by atoms with van der Waals surface area (Å²) in [4.78, 5) is 22.3. The molecule has 0 unspecified atom stereocenters. The van der Waals surface area contributed by atoms with Crippen LogP contribution in [0.2, 0.25) is 0 Å². The van der Waals surface area contributed by atoms with E-state index in [1.54, 1.807) is 0 Å². The molecule has 0 radical (unpaired) electrons. The summed E-state index contributed by atoms with van der Waals surface area (Å²) in [5.74, 6) is -1.41. The Balaban J connectivity index is 2.18. The number of esters is 2. The van der Waals surface area contributed by atoms with Crippen molar-refractivity contribution in [1.29, 1.82) is 0 Å². The summed E-state index contributed by atoms with van der Waals surface area (Å²) in [6.45, 7) is 6.86. The lowest BCUT2D eigenvalue weighted by Gasteiger charge is -2.03. The molecular weight excluding hydrogens is 264 g/mol. The fourth-order valence-electron chi connectivity index (χ4n) is 1.69. The third-order valence-corrected chi connectivity index (χ3v) is 2.86. The van der Waals surface area contributed by atoms with Gasteiger partial charge in [-0.2, -0.15) is 0 Å². The first-order chi connectivity index (χ1) is 10.1. The van der Waals surface area contributed by atoms with E-state index in [2.05, 4.69) is 30.0 Å². The monoisotopic (exact) mass is 284 g/mol. The number of carbonyl (C=O) groups excluding carboxylic acids is 2. The van der Waals surface area contributed by atoms with Crippen LogP contribution in [0, 0.1) is 0 Å². The van der Waals surface area contributed by atoms with E-state index in [0.717, 1.165) is 25.3 Å². The van der Waals surface area contributed by atoms with Crippen LogP contribution in [-0.4, -0.2) is 11.9 Å². The molecule has 3 nitrogen and oxygen atoms in total. The second-order valence-corrected chi connectivity index (χ2v) is 4.58. The van der Waals surface area contributed by atoms with E-state index < -0.39 is 11.9 Å². The molecule has 1 aromatic carbocycles. The van der Waals surface area contributed by atoms with Gasteiger partial charge < -0.3 is 4.74 Å². The number of carbonyl (C=O) groups is 2. The highest BCUT2D eigenvalue weighted by Gasteiger charge is 2.10. The lowest BCUT2D eigenvalue weighted by atomic mass is 10.1. The van der Waals surface area contributed by atoms with Crippen LogP contribution < -0.4 is 0 Å². The van der Waals surface area contributed by atoms with Crippen molar-refractivity contribution < 1.29 is 14.3 Å². The average Bonchev–Trinajstić information content (AvgIpc) is 2.51. The van der Waals surface area contributed by atoms with Crippen molar-refractivity contribution in [2.45, 2.75) is 25.7 Å². The van der Waals surface area contributed by atoms with Gasteiger partial charge in [0.2, 0.25) is 0 Å². The summed E-state index contributed by atoms with van der Waals surface area (Å²) < 4.78 is 4.49. The molecule has 0 aliphatic carbocycles. The first-order valence-electron chi connectivity index (χ1n) is 6.91. The maximum atomic E-state index is 11.4. The Morgan fingerprint density at radius 3 is 2.52 bits per heavy atom. The zero-order valence-electron chi connectivity index (χ0n) is 12.1. The maximum Gasteiger partial charge on any atom is 0.341 e. The number of ether oxygens (including phenoxy) is 1. The van der Waals surface area contributed by atoms with Gasteiger partial charge in [0.15, 0.2) is 0 Å². The highest BCUT2D eigenvalue weighted by molar-refractivity contribution is 5.98. The van der Waals surface area contributed by atoms with E-state index >= 15 is 0 Å². The molecule has 0 saturated carbocycles. The lowest BCUT2D eigenvalue weighted by molar-refractivity contribution is -0.153. The topological polar surface area (TPSA) is 43.4 Å². The van der Waals surface area contributed by atoms with Crippen molar-refractivity contribution in [3.05, 3.63) is 66.8 Å². The van der Waals surface area contributed by atoms with Gasteiger partial charge in [-0.15, -0.1) is 0 Å². The molecule has 0 amide bonds. The largest absolute Gasteiger partial charge is 0.386 e. The molecule has 0 aliphatic heterocycles. The van der Waals surface area contributed by atoms with E-state index in [1.807, 2.05) is 30.3 Å². The van der Waals surface area contributed by atoms with E-state index in [4.69, 9.17) is 0 Å². The zero-order valence-corrected chi connectivity index (χ0v) is 12.1. The van der Waals surface area contributed by atoms with Crippen LogP contribution in [0.3, 0.4) is 0 Å². The summed E-state index contributed by atoms with van der Waals surface area (Å²) >= 11 is 0. The third-order valence-electron chi connectivity index (χ3n) is 2.86. The highest BCUT2D eigenvalue weighted by Crippen LogP contribution is 2.10. The smallest absolute Gasteiger partial charge is 0.341 e. The van der Waals surface area contributed by atoms with Crippen LogP contribution >= 0.6 is 0 Å². The Morgan fingerprint density at radius 1 is 1.14 bits per heavy atom. The number of benzene rings is 1. The highest BCUT2D eigenvalue weighted by atomic mass is 16.6. The maximum absolute atomic E-state index is 11.4. The Labute approximate surface area is 125 Å². The SMILES string of the molecule is C=CC(=O)OC(=O)C(=C)CCCCC=Cc1ccccc1. The number of allylic oxidation sites excluding steroid dienone is 1. The van der Waals surface area contributed by atoms with Gasteiger partial charge in [0.05, 0.1) is 0 Å². The minimum absolute atomic E-state index is 0.317. The summed E-state index contributed by atoms with van der Waals surface area (Å²) in [6.07, 6.45) is 8.38. The van der Waals surface area contributed by atoms with Crippen LogP contribution in [0.1, 0.15) is 31.2 Å². The quantitative estimate of drug-likeness (QED) is 0.313. The number of hydrogen-bond donors (Lipinski definition) is 0. The van der Waals surface area contributed by atoms with Crippen molar-refractivity contribution in [3.8, 4) is 0 Å². The van der Waals surface area contributed by atoms with Crippen molar-refractivity contribution in [1.82, 2.24) is 0 Å². The van der Waals surface area contributed by atoms with Crippen LogP contribution in [-0.2, 0) is 14.3 Å². The second-order valence-electron chi connectivity index (χ2n) is 4.58. The molecule has 1 rings (SSSR count). The second kappa shape index (κ2) is 9.48. The normalized spacial score (nSPS) is 10.3. The fraction of sp³-hybridized carbons (Fsp3) is 0.222. The van der Waals surface area contributed by atoms with Gasteiger partial charge >= 0.3 is 11.9 Å². The van der Waals surface area contributed by atoms with E-state index in [1.165, 1.54) is 5.56 Å². The molecule has 0 fully saturated rings. The molecule has 0 spiro atoms. The Morgan fingerprint density at radius 2 is 1.86 bits per heavy atom. The molecule has 0 heterocycles. The fourth-order valence-corrected chi connectivity index (χ4v) is 1.69. The van der Waals surface area contributed by atoms with E-state index in [0.29, 0.717) is 12.0 Å². The average molecular weight is 284 g/mol. The lowest BCUT2D eigenvalue weighted by Crippen LogP contribution is -2.11. The third kappa shape index (κ3) is 7.06. The first-order valence-corrected chi connectivity index (χ1v) is 6.91. The Hall–Kier alpha value is -2.42. The Kier molecular flexibility index (Phi) is 7.51. The standard InChI is InChI=1S/C18H20O3/c1-3-17(19)21-18(20)15(2)11-7-4-5-8-12-16-13-9-6-10-14-16/h3,6,8-10,12-14H,1-2,4-5,7,11H2. The van der Waals surface area contributed by atoms with E-state index in [-0.39, 0.29) is 0 Å². The minimum atomic E-state index is -0.744. The Bertz CT molecular complexity index is 527. The summed E-state index contributed by atoms with van der Waals surface area (Å²) in [6, 6.07) is 10.1. The van der Waals surface area contributed by atoms with Crippen molar-refractivity contribution in [2.75, 3.05) is 0 Å². The summed E-state index contributed by atoms with van der Waals surface area (Å²) in [5.41, 5.74) is 1.49. The number of hydrogen-bond acceptors (Lipinski definition) is 3. The van der Waals surface area contributed by atoms with Crippen LogP contribution in [0.5, 0.6) is 0 Å². The van der Waals surface area contributed by atoms with Crippen molar-refractivity contribution in [2.24, 2.45) is 0 Å². The molecule has 21 heavy (non-hydrogen) atoms. The molecule has 0 aromatic heterocycles. The molecule has 0 atom stereocenters. The predicted octanol–water partition coefficient (Wildman–Crippen LogP) is 4.07. The molecule has 0 saturated heterocycles. The van der Waals surface area contributed by atoms with Crippen LogP contribution in [0.15, 0.2) is 61.2 Å². The van der Waals surface area contributed by atoms with Crippen molar-refractivity contribution >= 4 is 18.0 Å². The van der Waals surface area contributed by atoms with Gasteiger partial charge in [0, 0.05) is 11.6 Å². The predicted molar refractivity (Wildman–Crippen MR) is 84.4 cm³/mol. The molecule has 1 aromatic rings. The van der Waals surface area contributed by atoms with Crippen LogP contribution in [0.25, 0.3) is 6.08 Å². The van der Waals surface area contributed by atoms with Gasteiger partial charge in [0.1, 0.15) is 0 Å². The molecule has 3 heteroatoms. The molecule has 0 aliphatic rings. The molecule has 0 bridgehead atoms. The van der Waals surface area contributed by atoms with Crippen LogP contribution in [0.4, 0.5) is 0 Å².